The van der Waals surface area contributed by atoms with Gasteiger partial charge < -0.3 is 10.2 Å². The van der Waals surface area contributed by atoms with E-state index in [1.165, 1.54) is 0 Å². The van der Waals surface area contributed by atoms with Gasteiger partial charge >= 0.3 is 0 Å². The van der Waals surface area contributed by atoms with Crippen molar-refractivity contribution in [3.63, 3.8) is 0 Å². The summed E-state index contributed by atoms with van der Waals surface area (Å²) in [4.78, 5) is 29.3. The van der Waals surface area contributed by atoms with Crippen LogP contribution in [0.2, 0.25) is 0 Å². The summed E-state index contributed by atoms with van der Waals surface area (Å²) in [7, 11) is 0. The molecule has 1 aliphatic rings. The number of rotatable bonds is 2. The molecular formula is C12H14BrN3O2. The van der Waals surface area contributed by atoms with Crippen molar-refractivity contribution in [1.29, 1.82) is 0 Å². The summed E-state index contributed by atoms with van der Waals surface area (Å²) in [5, 5.41) is 2.66. The van der Waals surface area contributed by atoms with Crippen LogP contribution in [0.4, 0.5) is 0 Å². The van der Waals surface area contributed by atoms with Crippen molar-refractivity contribution in [3.05, 3.63) is 28.5 Å². The molecule has 1 aromatic heterocycles. The van der Waals surface area contributed by atoms with Crippen LogP contribution in [-0.4, -0.2) is 34.3 Å². The fraction of sp³-hybridized carbons (Fsp3) is 0.417. The van der Waals surface area contributed by atoms with E-state index in [0.29, 0.717) is 19.5 Å². The van der Waals surface area contributed by atoms with Crippen LogP contribution in [0.5, 0.6) is 0 Å². The van der Waals surface area contributed by atoms with E-state index in [-0.39, 0.29) is 11.8 Å². The highest BCUT2D eigenvalue weighted by Crippen LogP contribution is 2.11. The van der Waals surface area contributed by atoms with Gasteiger partial charge in [0.2, 0.25) is 11.8 Å². The minimum absolute atomic E-state index is 0.0643. The fourth-order valence-electron chi connectivity index (χ4n) is 1.85. The molecular weight excluding hydrogens is 298 g/mol. The van der Waals surface area contributed by atoms with Gasteiger partial charge in [-0.05, 0) is 35.0 Å². The zero-order valence-electron chi connectivity index (χ0n) is 10.0. The van der Waals surface area contributed by atoms with Gasteiger partial charge in [-0.15, -0.1) is 0 Å². The Morgan fingerprint density at radius 2 is 2.28 bits per heavy atom. The molecule has 6 heteroatoms. The number of carbonyl (C=O) groups is 2. The van der Waals surface area contributed by atoms with Crippen molar-refractivity contribution < 1.29 is 9.59 Å². The first-order valence-corrected chi connectivity index (χ1v) is 6.54. The van der Waals surface area contributed by atoms with Crippen LogP contribution >= 0.6 is 15.9 Å². The SMILES string of the molecule is CC1NC(=O)CCN(Cc2ccc(Br)cn2)C1=O. The number of pyridine rings is 1. The standard InChI is InChI=1S/C12H14BrN3O2/c1-8-12(18)16(5-4-11(17)15-8)7-10-3-2-9(13)6-14-10/h2-3,6,8H,4-5,7H2,1H3,(H,15,17). The van der Waals surface area contributed by atoms with E-state index in [0.717, 1.165) is 10.2 Å². The molecule has 1 aliphatic heterocycles. The second kappa shape index (κ2) is 5.48. The van der Waals surface area contributed by atoms with Crippen molar-refractivity contribution in [3.8, 4) is 0 Å². The van der Waals surface area contributed by atoms with E-state index in [4.69, 9.17) is 0 Å². The van der Waals surface area contributed by atoms with Gasteiger partial charge in [-0.3, -0.25) is 14.6 Å². The lowest BCUT2D eigenvalue weighted by Gasteiger charge is -2.21. The Labute approximate surface area is 114 Å². The molecule has 1 N–H and O–H groups in total. The Morgan fingerprint density at radius 1 is 1.50 bits per heavy atom. The molecule has 1 saturated heterocycles. The average molecular weight is 312 g/mol. The second-order valence-electron chi connectivity index (χ2n) is 4.27. The summed E-state index contributed by atoms with van der Waals surface area (Å²) in [6.45, 7) is 2.58. The molecule has 1 fully saturated rings. The number of carbonyl (C=O) groups excluding carboxylic acids is 2. The first-order valence-electron chi connectivity index (χ1n) is 5.75. The van der Waals surface area contributed by atoms with E-state index in [2.05, 4.69) is 26.2 Å². The van der Waals surface area contributed by atoms with Gasteiger partial charge in [-0.1, -0.05) is 0 Å². The van der Waals surface area contributed by atoms with Gasteiger partial charge in [-0.25, -0.2) is 0 Å². The first-order chi connectivity index (χ1) is 8.56. The van der Waals surface area contributed by atoms with Crippen LogP contribution in [0, 0.1) is 0 Å². The number of nitrogens with one attached hydrogen (secondary N) is 1. The lowest BCUT2D eigenvalue weighted by atomic mass is 10.2. The molecule has 96 valence electrons. The summed E-state index contributed by atoms with van der Waals surface area (Å²) in [5.41, 5.74) is 0.813. The Kier molecular flexibility index (Phi) is 3.96. The molecule has 0 radical (unpaired) electrons. The van der Waals surface area contributed by atoms with Crippen molar-refractivity contribution >= 4 is 27.7 Å². The van der Waals surface area contributed by atoms with Crippen LogP contribution in [0.15, 0.2) is 22.8 Å². The molecule has 18 heavy (non-hydrogen) atoms. The lowest BCUT2D eigenvalue weighted by molar-refractivity contribution is -0.133. The zero-order chi connectivity index (χ0) is 13.1. The molecule has 0 aliphatic carbocycles. The molecule has 1 atom stereocenters. The van der Waals surface area contributed by atoms with Crippen LogP contribution in [0.3, 0.4) is 0 Å². The molecule has 0 spiro atoms. The molecule has 0 saturated carbocycles. The molecule has 0 aromatic carbocycles. The minimum Gasteiger partial charge on any atom is -0.345 e. The second-order valence-corrected chi connectivity index (χ2v) is 5.18. The topological polar surface area (TPSA) is 62.3 Å². The molecule has 1 unspecified atom stereocenters. The maximum atomic E-state index is 12.0. The summed E-state index contributed by atoms with van der Waals surface area (Å²) >= 11 is 3.31. The quantitative estimate of drug-likeness (QED) is 0.889. The number of aromatic nitrogens is 1. The summed E-state index contributed by atoms with van der Waals surface area (Å²) in [6, 6.07) is 3.29. The molecule has 2 rings (SSSR count). The number of halogens is 1. The van der Waals surface area contributed by atoms with E-state index in [9.17, 15) is 9.59 Å². The monoisotopic (exact) mass is 311 g/mol. The Bertz CT molecular complexity index is 461. The van der Waals surface area contributed by atoms with Gasteiger partial charge in [0.15, 0.2) is 0 Å². The van der Waals surface area contributed by atoms with Gasteiger partial charge in [0.05, 0.1) is 12.2 Å². The third-order valence-electron chi connectivity index (χ3n) is 2.81. The van der Waals surface area contributed by atoms with Crippen LogP contribution < -0.4 is 5.32 Å². The molecule has 2 amide bonds. The molecule has 1 aromatic rings. The number of amides is 2. The highest BCUT2D eigenvalue weighted by atomic mass is 79.9. The van der Waals surface area contributed by atoms with E-state index in [1.54, 1.807) is 18.0 Å². The van der Waals surface area contributed by atoms with Gasteiger partial charge in [0.25, 0.3) is 0 Å². The average Bonchev–Trinajstić information content (AvgIpc) is 2.46. The van der Waals surface area contributed by atoms with Crippen molar-refractivity contribution in [2.45, 2.75) is 25.9 Å². The highest BCUT2D eigenvalue weighted by Gasteiger charge is 2.26. The number of nitrogens with zero attached hydrogens (tertiary/aromatic N) is 2. The third kappa shape index (κ3) is 3.07. The largest absolute Gasteiger partial charge is 0.345 e. The normalized spacial score (nSPS) is 20.6. The molecule has 5 nitrogen and oxygen atoms in total. The lowest BCUT2D eigenvalue weighted by Crippen LogP contribution is -2.42. The predicted octanol–water partition coefficient (Wildman–Crippen LogP) is 1.08. The number of hydrogen-bond donors (Lipinski definition) is 1. The molecule has 2 heterocycles. The van der Waals surface area contributed by atoms with Crippen molar-refractivity contribution in [1.82, 2.24) is 15.2 Å². The minimum atomic E-state index is -0.463. The predicted molar refractivity (Wildman–Crippen MR) is 69.6 cm³/mol. The van der Waals surface area contributed by atoms with Gasteiger partial charge in [0, 0.05) is 23.6 Å². The smallest absolute Gasteiger partial charge is 0.245 e. The van der Waals surface area contributed by atoms with Gasteiger partial charge in [0.1, 0.15) is 6.04 Å². The van der Waals surface area contributed by atoms with E-state index >= 15 is 0 Å². The Balaban J connectivity index is 2.09. The maximum Gasteiger partial charge on any atom is 0.245 e. The number of hydrogen-bond acceptors (Lipinski definition) is 3. The van der Waals surface area contributed by atoms with Crippen LogP contribution in [0.25, 0.3) is 0 Å². The van der Waals surface area contributed by atoms with Gasteiger partial charge in [-0.2, -0.15) is 0 Å². The van der Waals surface area contributed by atoms with Crippen LogP contribution in [-0.2, 0) is 16.1 Å². The fourth-order valence-corrected chi connectivity index (χ4v) is 2.08. The van der Waals surface area contributed by atoms with E-state index in [1.807, 2.05) is 12.1 Å². The summed E-state index contributed by atoms with van der Waals surface area (Å²) < 4.78 is 0.902. The summed E-state index contributed by atoms with van der Waals surface area (Å²) in [6.07, 6.45) is 2.04. The Morgan fingerprint density at radius 3 is 2.94 bits per heavy atom. The van der Waals surface area contributed by atoms with Crippen molar-refractivity contribution in [2.75, 3.05) is 6.54 Å². The summed E-state index contributed by atoms with van der Waals surface area (Å²) in [5.74, 6) is -0.146. The maximum absolute atomic E-state index is 12.0. The van der Waals surface area contributed by atoms with Crippen LogP contribution in [0.1, 0.15) is 19.0 Å². The van der Waals surface area contributed by atoms with Crippen molar-refractivity contribution in [2.24, 2.45) is 0 Å². The third-order valence-corrected chi connectivity index (χ3v) is 3.28. The molecule has 0 bridgehead atoms. The first kappa shape index (κ1) is 13.0. The highest BCUT2D eigenvalue weighted by molar-refractivity contribution is 9.10. The zero-order valence-corrected chi connectivity index (χ0v) is 11.6. The van der Waals surface area contributed by atoms with E-state index < -0.39 is 6.04 Å². The Hall–Kier alpha value is -1.43.